The maximum absolute atomic E-state index is 13.6. The second-order valence-corrected chi connectivity index (χ2v) is 18.2. The zero-order valence-corrected chi connectivity index (χ0v) is 29.1. The van der Waals surface area contributed by atoms with E-state index in [4.69, 9.17) is 14.2 Å². The van der Waals surface area contributed by atoms with Gasteiger partial charge in [-0.3, -0.25) is 4.79 Å². The Bertz CT molecular complexity index is 1180. The molecule has 2 aliphatic heterocycles. The zero-order valence-electron chi connectivity index (χ0n) is 29.1. The predicted molar refractivity (Wildman–Crippen MR) is 168 cm³/mol. The molecular weight excluding hydrogens is 592 g/mol. The summed E-state index contributed by atoms with van der Waals surface area (Å²) in [6.07, 6.45) is -2.62. The molecule has 46 heavy (non-hydrogen) atoms. The van der Waals surface area contributed by atoms with Crippen molar-refractivity contribution in [2.24, 2.45) is 45.3 Å². The third-order valence-corrected chi connectivity index (χ3v) is 15.0. The molecule has 0 spiro atoms. The van der Waals surface area contributed by atoms with Crippen molar-refractivity contribution in [3.8, 4) is 0 Å². The van der Waals surface area contributed by atoms with E-state index < -0.39 is 66.1 Å². The third kappa shape index (κ3) is 4.86. The molecule has 6 fully saturated rings. The molecule has 6 aliphatic rings. The number of hydrogen-bond acceptors (Lipinski definition) is 10. The number of carbonyl (C=O) groups excluding carboxylic acids is 1. The average Bonchev–Trinajstić information content (AvgIpc) is 3.55. The van der Waals surface area contributed by atoms with Gasteiger partial charge in [0.1, 0.15) is 30.2 Å². The van der Waals surface area contributed by atoms with Gasteiger partial charge in [-0.05, 0) is 99.7 Å². The van der Waals surface area contributed by atoms with Crippen molar-refractivity contribution in [2.75, 3.05) is 6.61 Å². The molecule has 6 N–H and O–H groups in total. The Balaban J connectivity index is 1.39. The summed E-state index contributed by atoms with van der Waals surface area (Å²) in [5.41, 5.74) is -3.16. The Labute approximate surface area is 274 Å². The second kappa shape index (κ2) is 11.2. The van der Waals surface area contributed by atoms with Crippen molar-refractivity contribution in [3.05, 3.63) is 0 Å². The normalized spacial score (nSPS) is 55.5. The highest BCUT2D eigenvalue weighted by Crippen LogP contribution is 2.76. The molecule has 4 saturated carbocycles. The molecule has 10 heteroatoms. The van der Waals surface area contributed by atoms with Crippen LogP contribution in [-0.4, -0.2) is 103 Å². The monoisotopic (exact) mass is 652 g/mol. The van der Waals surface area contributed by atoms with Gasteiger partial charge < -0.3 is 44.8 Å². The molecule has 4 aliphatic carbocycles. The number of Topliss-reactive ketones (excluding diaryl/α,β-unsaturated/α-hetero) is 1. The van der Waals surface area contributed by atoms with Crippen LogP contribution in [0.5, 0.6) is 0 Å². The Morgan fingerprint density at radius 2 is 1.59 bits per heavy atom. The van der Waals surface area contributed by atoms with Gasteiger partial charge in [-0.1, -0.05) is 34.6 Å². The first-order chi connectivity index (χ1) is 21.2. The van der Waals surface area contributed by atoms with Gasteiger partial charge in [0.05, 0.1) is 36.1 Å². The highest BCUT2D eigenvalue weighted by Gasteiger charge is 2.74. The smallest absolute Gasteiger partial charge is 0.186 e. The third-order valence-electron chi connectivity index (χ3n) is 15.0. The van der Waals surface area contributed by atoms with Crippen LogP contribution in [0.25, 0.3) is 0 Å². The lowest BCUT2D eigenvalue weighted by molar-refractivity contribution is -0.340. The summed E-state index contributed by atoms with van der Waals surface area (Å²) >= 11 is 0. The van der Waals surface area contributed by atoms with Crippen LogP contribution in [0.3, 0.4) is 0 Å². The van der Waals surface area contributed by atoms with Crippen LogP contribution in [0.4, 0.5) is 0 Å². The molecule has 0 amide bonds. The van der Waals surface area contributed by atoms with Crippen LogP contribution in [0.15, 0.2) is 0 Å². The van der Waals surface area contributed by atoms with Gasteiger partial charge in [-0.25, -0.2) is 0 Å². The van der Waals surface area contributed by atoms with Crippen molar-refractivity contribution in [1.82, 2.24) is 0 Å². The molecule has 5 unspecified atom stereocenters. The minimum absolute atomic E-state index is 0.0365. The van der Waals surface area contributed by atoms with Crippen molar-refractivity contribution in [1.29, 1.82) is 0 Å². The molecule has 0 aromatic rings. The van der Waals surface area contributed by atoms with Crippen LogP contribution in [0, 0.1) is 45.3 Å². The minimum atomic E-state index is -1.56. The Morgan fingerprint density at radius 1 is 0.913 bits per heavy atom. The van der Waals surface area contributed by atoms with Crippen molar-refractivity contribution in [3.63, 3.8) is 0 Å². The summed E-state index contributed by atoms with van der Waals surface area (Å²) in [7, 11) is 0. The maximum Gasteiger partial charge on any atom is 0.186 e. The van der Waals surface area contributed by atoms with Gasteiger partial charge in [-0.15, -0.1) is 0 Å². The number of ether oxygens (including phenoxy) is 3. The fourth-order valence-electron chi connectivity index (χ4n) is 12.5. The first-order valence-corrected chi connectivity index (χ1v) is 17.7. The number of rotatable bonds is 5. The number of carbonyl (C=O) groups is 1. The Hall–Kier alpha value is -0.690. The van der Waals surface area contributed by atoms with E-state index in [1.54, 1.807) is 13.8 Å². The standard InChI is InChI=1S/C36H60O10/c1-31(2)23(39)10-12-33(5)22-15-19(38)25-18(36(8)14-11-24(46-36)32(3,4)43)9-13-34(25,6)35(22,7)16-20(29(31)33)44-30-28(42)27(41)26(40)21(17-37)45-30/h18-22,24-30,37-38,40-43H,9-17H2,1-8H3/t18?,19-,20+,21-,22?,24-,25?,26-,27+,28-,29?,30?,33-,34-,35-,36+/m1/s1. The van der Waals surface area contributed by atoms with E-state index in [1.807, 2.05) is 13.8 Å². The van der Waals surface area contributed by atoms with Crippen molar-refractivity contribution in [2.45, 2.75) is 167 Å². The highest BCUT2D eigenvalue weighted by atomic mass is 16.7. The maximum atomic E-state index is 13.6. The van der Waals surface area contributed by atoms with Crippen LogP contribution in [0.1, 0.15) is 107 Å². The molecule has 0 aromatic carbocycles. The molecule has 2 heterocycles. The number of fused-ring (bicyclic) bond motifs is 5. The fourth-order valence-corrected chi connectivity index (χ4v) is 12.5. The first kappa shape index (κ1) is 35.1. The Morgan fingerprint density at radius 3 is 2.20 bits per heavy atom. The van der Waals surface area contributed by atoms with Crippen molar-refractivity contribution < 1.29 is 49.6 Å². The van der Waals surface area contributed by atoms with Crippen LogP contribution < -0.4 is 0 Å². The highest BCUT2D eigenvalue weighted by molar-refractivity contribution is 5.85. The van der Waals surface area contributed by atoms with Gasteiger partial charge >= 0.3 is 0 Å². The van der Waals surface area contributed by atoms with E-state index >= 15 is 0 Å². The van der Waals surface area contributed by atoms with Crippen LogP contribution in [-0.2, 0) is 19.0 Å². The summed E-state index contributed by atoms with van der Waals surface area (Å²) in [6.45, 7) is 16.1. The lowest BCUT2D eigenvalue weighted by Crippen LogP contribution is -2.70. The lowest BCUT2D eigenvalue weighted by atomic mass is 9.34. The van der Waals surface area contributed by atoms with E-state index in [2.05, 4.69) is 27.7 Å². The largest absolute Gasteiger partial charge is 0.394 e. The summed E-state index contributed by atoms with van der Waals surface area (Å²) in [5, 5.41) is 64.9. The van der Waals surface area contributed by atoms with E-state index in [0.29, 0.717) is 25.7 Å². The number of aliphatic hydroxyl groups is 6. The average molecular weight is 653 g/mol. The van der Waals surface area contributed by atoms with E-state index in [0.717, 1.165) is 25.7 Å². The molecule has 10 nitrogen and oxygen atoms in total. The van der Waals surface area contributed by atoms with E-state index in [9.17, 15) is 35.4 Å². The SMILES string of the molecule is CC1(C)C(=O)CC[C@@]2(C)C1[C@@H](OC1O[C@H](CO)[C@@H](O)[C@H](O)[C@H]1O)C[C@]1(C)C2C[C@@H](O)C2C([C@]3(C)CC[C@H](C(C)(C)O)O3)CC[C@]21C. The molecule has 0 bridgehead atoms. The minimum Gasteiger partial charge on any atom is -0.394 e. The van der Waals surface area contributed by atoms with Gasteiger partial charge in [0, 0.05) is 17.8 Å². The fraction of sp³-hybridized carbons (Fsp3) is 0.972. The number of aliphatic hydroxyl groups excluding tert-OH is 5. The van der Waals surface area contributed by atoms with Gasteiger partial charge in [0.25, 0.3) is 0 Å². The van der Waals surface area contributed by atoms with E-state index in [1.165, 1.54) is 0 Å². The summed E-state index contributed by atoms with van der Waals surface area (Å²) in [5.74, 6) is 0.0842. The molecular formula is C36H60O10. The Kier molecular flexibility index (Phi) is 8.52. The van der Waals surface area contributed by atoms with Gasteiger partial charge in [0.2, 0.25) is 0 Å². The summed E-state index contributed by atoms with van der Waals surface area (Å²) in [4.78, 5) is 13.6. The van der Waals surface area contributed by atoms with Crippen LogP contribution >= 0.6 is 0 Å². The molecule has 16 atom stereocenters. The molecule has 2 saturated heterocycles. The first-order valence-electron chi connectivity index (χ1n) is 17.7. The molecule has 0 aromatic heterocycles. The van der Waals surface area contributed by atoms with Gasteiger partial charge in [-0.2, -0.15) is 0 Å². The topological polar surface area (TPSA) is 166 Å². The second-order valence-electron chi connectivity index (χ2n) is 18.2. The molecule has 264 valence electrons. The summed E-state index contributed by atoms with van der Waals surface area (Å²) < 4.78 is 19.3. The summed E-state index contributed by atoms with van der Waals surface area (Å²) in [6, 6.07) is 0. The molecule has 6 rings (SSSR count). The van der Waals surface area contributed by atoms with Crippen LogP contribution in [0.2, 0.25) is 0 Å². The van der Waals surface area contributed by atoms with E-state index in [-0.39, 0.29) is 51.8 Å². The zero-order chi connectivity index (χ0) is 34.0. The number of ketones is 1. The number of hydrogen-bond donors (Lipinski definition) is 6. The van der Waals surface area contributed by atoms with Crippen molar-refractivity contribution >= 4 is 5.78 Å². The molecule has 0 radical (unpaired) electrons. The quantitative estimate of drug-likeness (QED) is 0.243. The lowest BCUT2D eigenvalue weighted by Gasteiger charge is -2.71. The predicted octanol–water partition coefficient (Wildman–Crippen LogP) is 2.72. The van der Waals surface area contributed by atoms with Gasteiger partial charge in [0.15, 0.2) is 6.29 Å².